The Bertz CT molecular complexity index is 466. The van der Waals surface area contributed by atoms with E-state index < -0.39 is 39.3 Å². The molecule has 0 aliphatic carbocycles. The van der Waals surface area contributed by atoms with Crippen molar-refractivity contribution in [1.29, 1.82) is 0 Å². The number of pyridine rings is 1. The van der Waals surface area contributed by atoms with Crippen LogP contribution in [0.1, 0.15) is 22.5 Å². The predicted molar refractivity (Wildman–Crippen MR) is 47.8 cm³/mol. The SMILES string of the molecule is O=C(O)c1c(C(F)F)ncc([N+](=O)[O-])c1Cl. The summed E-state index contributed by atoms with van der Waals surface area (Å²) in [5.41, 5.74) is -2.97. The van der Waals surface area contributed by atoms with Crippen molar-refractivity contribution in [3.05, 3.63) is 32.6 Å². The fraction of sp³-hybridized carbons (Fsp3) is 0.143. The number of hydrogen-bond donors (Lipinski definition) is 1. The van der Waals surface area contributed by atoms with Gasteiger partial charge in [0.25, 0.3) is 6.43 Å². The van der Waals surface area contributed by atoms with E-state index in [0.717, 1.165) is 0 Å². The first-order valence-electron chi connectivity index (χ1n) is 3.70. The fourth-order valence-electron chi connectivity index (χ4n) is 0.989. The normalized spacial score (nSPS) is 10.5. The Morgan fingerprint density at radius 2 is 2.19 bits per heavy atom. The molecule has 0 saturated heterocycles. The van der Waals surface area contributed by atoms with Crippen LogP contribution in [-0.2, 0) is 0 Å². The average Bonchev–Trinajstić information content (AvgIpc) is 2.15. The maximum atomic E-state index is 12.3. The van der Waals surface area contributed by atoms with Gasteiger partial charge in [0, 0.05) is 0 Å². The van der Waals surface area contributed by atoms with E-state index in [2.05, 4.69) is 4.98 Å². The number of aromatic carboxylic acids is 1. The van der Waals surface area contributed by atoms with E-state index in [9.17, 15) is 23.7 Å². The number of alkyl halides is 2. The van der Waals surface area contributed by atoms with E-state index >= 15 is 0 Å². The van der Waals surface area contributed by atoms with Gasteiger partial charge in [-0.1, -0.05) is 11.6 Å². The van der Waals surface area contributed by atoms with Gasteiger partial charge >= 0.3 is 11.7 Å². The van der Waals surface area contributed by atoms with Crippen LogP contribution in [0, 0.1) is 10.1 Å². The molecule has 0 unspecified atom stereocenters. The Kier molecular flexibility index (Phi) is 3.33. The van der Waals surface area contributed by atoms with Gasteiger partial charge in [0.15, 0.2) is 0 Å². The second kappa shape index (κ2) is 4.35. The standard InChI is InChI=1S/C7H3ClF2N2O4/c8-4-2(12(15)16)1-11-5(6(9)10)3(4)7(13)14/h1,6H,(H,13,14). The molecule has 0 spiro atoms. The smallest absolute Gasteiger partial charge is 0.339 e. The van der Waals surface area contributed by atoms with Crippen LogP contribution >= 0.6 is 11.6 Å². The number of rotatable bonds is 3. The molecule has 0 aliphatic heterocycles. The van der Waals surface area contributed by atoms with Gasteiger partial charge in [0.05, 0.1) is 4.92 Å². The first-order valence-corrected chi connectivity index (χ1v) is 4.08. The van der Waals surface area contributed by atoms with Crippen molar-refractivity contribution in [3.8, 4) is 0 Å². The number of nitro groups is 1. The monoisotopic (exact) mass is 252 g/mol. The average molecular weight is 253 g/mol. The van der Waals surface area contributed by atoms with Gasteiger partial charge in [-0.2, -0.15) is 0 Å². The lowest BCUT2D eigenvalue weighted by Gasteiger charge is -2.05. The van der Waals surface area contributed by atoms with Crippen molar-refractivity contribution < 1.29 is 23.6 Å². The molecule has 1 heterocycles. The lowest BCUT2D eigenvalue weighted by molar-refractivity contribution is -0.385. The molecule has 0 radical (unpaired) electrons. The van der Waals surface area contributed by atoms with Crippen LogP contribution in [0.4, 0.5) is 14.5 Å². The lowest BCUT2D eigenvalue weighted by Crippen LogP contribution is -2.08. The van der Waals surface area contributed by atoms with Gasteiger partial charge in [-0.3, -0.25) is 10.1 Å². The van der Waals surface area contributed by atoms with Crippen LogP contribution in [0.5, 0.6) is 0 Å². The lowest BCUT2D eigenvalue weighted by atomic mass is 10.2. The van der Waals surface area contributed by atoms with Crippen LogP contribution < -0.4 is 0 Å². The van der Waals surface area contributed by atoms with E-state index in [1.807, 2.05) is 0 Å². The van der Waals surface area contributed by atoms with Gasteiger partial charge in [0.2, 0.25) is 0 Å². The van der Waals surface area contributed by atoms with Crippen LogP contribution in [-0.4, -0.2) is 21.0 Å². The van der Waals surface area contributed by atoms with Gasteiger partial charge < -0.3 is 5.11 Å². The molecule has 1 aromatic rings. The Labute approximate surface area is 91.6 Å². The van der Waals surface area contributed by atoms with Crippen molar-refractivity contribution in [2.45, 2.75) is 6.43 Å². The maximum absolute atomic E-state index is 12.3. The number of carbonyl (C=O) groups is 1. The molecule has 0 aromatic carbocycles. The molecular formula is C7H3ClF2N2O4. The molecule has 0 aliphatic rings. The van der Waals surface area contributed by atoms with E-state index in [1.165, 1.54) is 0 Å². The number of hydrogen-bond acceptors (Lipinski definition) is 4. The topological polar surface area (TPSA) is 93.3 Å². The summed E-state index contributed by atoms with van der Waals surface area (Å²) >= 11 is 5.35. The van der Waals surface area contributed by atoms with Crippen molar-refractivity contribution in [1.82, 2.24) is 4.98 Å². The summed E-state index contributed by atoms with van der Waals surface area (Å²) in [6, 6.07) is 0. The van der Waals surface area contributed by atoms with E-state index in [-0.39, 0.29) is 0 Å². The zero-order valence-electron chi connectivity index (χ0n) is 7.35. The molecule has 1 rings (SSSR count). The Balaban J connectivity index is 3.54. The number of halogens is 3. The summed E-state index contributed by atoms with van der Waals surface area (Å²) in [4.78, 5) is 23.0. The summed E-state index contributed by atoms with van der Waals surface area (Å²) in [5, 5.41) is 18.1. The molecule has 6 nitrogen and oxygen atoms in total. The van der Waals surface area contributed by atoms with Gasteiger partial charge in [-0.05, 0) is 0 Å². The molecule has 86 valence electrons. The maximum Gasteiger partial charge on any atom is 0.339 e. The second-order valence-corrected chi connectivity index (χ2v) is 2.96. The molecule has 0 bridgehead atoms. The molecule has 1 aromatic heterocycles. The molecular weight excluding hydrogens is 250 g/mol. The minimum atomic E-state index is -3.18. The zero-order chi connectivity index (χ0) is 12.5. The van der Waals surface area contributed by atoms with Crippen molar-refractivity contribution in [3.63, 3.8) is 0 Å². The third kappa shape index (κ3) is 2.06. The second-order valence-electron chi connectivity index (χ2n) is 2.58. The molecule has 1 N–H and O–H groups in total. The molecule has 9 heteroatoms. The number of carboxylic acids is 1. The van der Waals surface area contributed by atoms with Crippen LogP contribution in [0.25, 0.3) is 0 Å². The summed E-state index contributed by atoms with van der Waals surface area (Å²) in [5.74, 6) is -1.79. The van der Waals surface area contributed by atoms with Crippen LogP contribution in [0.15, 0.2) is 6.20 Å². The third-order valence-corrected chi connectivity index (χ3v) is 2.03. The van der Waals surface area contributed by atoms with Gasteiger partial charge in [-0.25, -0.2) is 18.6 Å². The Hall–Kier alpha value is -1.83. The molecule has 16 heavy (non-hydrogen) atoms. The largest absolute Gasteiger partial charge is 0.478 e. The van der Waals surface area contributed by atoms with E-state index in [0.29, 0.717) is 6.20 Å². The van der Waals surface area contributed by atoms with Crippen LogP contribution in [0.3, 0.4) is 0 Å². The van der Waals surface area contributed by atoms with Crippen molar-refractivity contribution in [2.75, 3.05) is 0 Å². The van der Waals surface area contributed by atoms with Crippen molar-refractivity contribution in [2.24, 2.45) is 0 Å². The Morgan fingerprint density at radius 1 is 1.62 bits per heavy atom. The molecule has 0 saturated carbocycles. The predicted octanol–water partition coefficient (Wildman–Crippen LogP) is 2.28. The highest BCUT2D eigenvalue weighted by Crippen LogP contribution is 2.32. The number of aromatic nitrogens is 1. The van der Waals surface area contributed by atoms with Crippen LogP contribution in [0.2, 0.25) is 5.02 Å². The highest BCUT2D eigenvalue weighted by molar-refractivity contribution is 6.35. The zero-order valence-corrected chi connectivity index (χ0v) is 8.11. The minimum absolute atomic E-state index is 0.496. The minimum Gasteiger partial charge on any atom is -0.478 e. The highest BCUT2D eigenvalue weighted by Gasteiger charge is 2.28. The fourth-order valence-corrected chi connectivity index (χ4v) is 1.28. The van der Waals surface area contributed by atoms with E-state index in [4.69, 9.17) is 16.7 Å². The first-order chi connectivity index (χ1) is 7.36. The molecule has 0 fully saturated rings. The number of nitrogens with zero attached hydrogens (tertiary/aromatic N) is 2. The molecule has 0 atom stereocenters. The highest BCUT2D eigenvalue weighted by atomic mass is 35.5. The van der Waals surface area contributed by atoms with Gasteiger partial charge in [-0.15, -0.1) is 0 Å². The summed E-state index contributed by atoms with van der Waals surface area (Å²) in [6.45, 7) is 0. The number of carboxylic acid groups (broad SMARTS) is 1. The summed E-state index contributed by atoms with van der Waals surface area (Å²) in [6.07, 6.45) is -2.68. The van der Waals surface area contributed by atoms with E-state index in [1.54, 1.807) is 0 Å². The summed E-state index contributed by atoms with van der Waals surface area (Å²) in [7, 11) is 0. The van der Waals surface area contributed by atoms with Crippen molar-refractivity contribution >= 4 is 23.3 Å². The summed E-state index contributed by atoms with van der Waals surface area (Å²) < 4.78 is 24.7. The Morgan fingerprint density at radius 3 is 2.56 bits per heavy atom. The third-order valence-electron chi connectivity index (χ3n) is 1.64. The quantitative estimate of drug-likeness (QED) is 0.658. The first kappa shape index (κ1) is 12.2. The van der Waals surface area contributed by atoms with Gasteiger partial charge in [0.1, 0.15) is 22.5 Å². The molecule has 0 amide bonds.